The van der Waals surface area contributed by atoms with Gasteiger partial charge in [0.1, 0.15) is 5.75 Å². The van der Waals surface area contributed by atoms with Crippen LogP contribution in [-0.4, -0.2) is 44.8 Å². The minimum atomic E-state index is -0.131. The molecule has 2 aromatic rings. The van der Waals surface area contributed by atoms with E-state index >= 15 is 0 Å². The normalized spacial score (nSPS) is 15.5. The molecule has 0 spiro atoms. The maximum atomic E-state index is 12.3. The average molecular weight is 380 g/mol. The molecule has 0 saturated heterocycles. The molecule has 0 fully saturated rings. The molecule has 4 rings (SSSR count). The molecular formula is C22H24N2O4. The minimum absolute atomic E-state index is 0.0915. The van der Waals surface area contributed by atoms with Crippen LogP contribution in [0, 0.1) is 0 Å². The van der Waals surface area contributed by atoms with Gasteiger partial charge in [-0.1, -0.05) is 18.2 Å². The van der Waals surface area contributed by atoms with Gasteiger partial charge in [0.25, 0.3) is 0 Å². The highest BCUT2D eigenvalue weighted by atomic mass is 16.7. The quantitative estimate of drug-likeness (QED) is 0.781. The number of ether oxygens (including phenoxy) is 3. The minimum Gasteiger partial charge on any atom is -0.493 e. The van der Waals surface area contributed by atoms with E-state index in [1.54, 1.807) is 12.2 Å². The van der Waals surface area contributed by atoms with Gasteiger partial charge in [0, 0.05) is 19.0 Å². The van der Waals surface area contributed by atoms with E-state index in [1.165, 1.54) is 11.1 Å². The van der Waals surface area contributed by atoms with Gasteiger partial charge in [0.05, 0.1) is 12.6 Å². The number of amides is 1. The van der Waals surface area contributed by atoms with E-state index in [4.69, 9.17) is 14.2 Å². The van der Waals surface area contributed by atoms with Gasteiger partial charge in [0.2, 0.25) is 12.7 Å². The Bertz CT molecular complexity index is 907. The van der Waals surface area contributed by atoms with Crippen LogP contribution in [0.3, 0.4) is 0 Å². The van der Waals surface area contributed by atoms with Crippen molar-refractivity contribution < 1.29 is 19.0 Å². The summed E-state index contributed by atoms with van der Waals surface area (Å²) in [6, 6.07) is 12.0. The van der Waals surface area contributed by atoms with E-state index in [2.05, 4.69) is 22.3 Å². The number of nitrogens with zero attached hydrogens (tertiary/aromatic N) is 1. The highest BCUT2D eigenvalue weighted by Crippen LogP contribution is 2.33. The van der Waals surface area contributed by atoms with E-state index in [1.807, 2.05) is 38.4 Å². The van der Waals surface area contributed by atoms with E-state index in [0.717, 1.165) is 30.1 Å². The Morgan fingerprint density at radius 1 is 1.11 bits per heavy atom. The third kappa shape index (κ3) is 3.97. The molecule has 2 aliphatic rings. The number of carbonyl (C=O) groups is 1. The Kier molecular flexibility index (Phi) is 5.21. The fourth-order valence-corrected chi connectivity index (χ4v) is 3.46. The van der Waals surface area contributed by atoms with E-state index < -0.39 is 0 Å². The molecule has 1 atom stereocenters. The van der Waals surface area contributed by atoms with Crippen molar-refractivity contribution in [1.29, 1.82) is 0 Å². The van der Waals surface area contributed by atoms with E-state index in [9.17, 15) is 4.79 Å². The summed E-state index contributed by atoms with van der Waals surface area (Å²) >= 11 is 0. The van der Waals surface area contributed by atoms with Gasteiger partial charge < -0.3 is 24.4 Å². The van der Waals surface area contributed by atoms with E-state index in [-0.39, 0.29) is 18.7 Å². The number of hydrogen-bond donors (Lipinski definition) is 1. The van der Waals surface area contributed by atoms with Gasteiger partial charge in [-0.15, -0.1) is 0 Å². The average Bonchev–Trinajstić information content (AvgIpc) is 3.34. The third-order valence-corrected chi connectivity index (χ3v) is 5.02. The molecule has 6 nitrogen and oxygen atoms in total. The third-order valence-electron chi connectivity index (χ3n) is 5.02. The molecule has 2 heterocycles. The number of benzene rings is 2. The van der Waals surface area contributed by atoms with Crippen LogP contribution in [0.1, 0.15) is 22.7 Å². The zero-order valence-corrected chi connectivity index (χ0v) is 16.1. The lowest BCUT2D eigenvalue weighted by molar-refractivity contribution is -0.116. The number of hydrogen-bond acceptors (Lipinski definition) is 5. The molecule has 2 aliphatic heterocycles. The number of rotatable bonds is 6. The fraction of sp³-hybridized carbons (Fsp3) is 0.318. The Balaban J connectivity index is 1.38. The summed E-state index contributed by atoms with van der Waals surface area (Å²) in [6.45, 7) is 1.51. The van der Waals surface area contributed by atoms with Crippen LogP contribution in [0.4, 0.5) is 0 Å². The van der Waals surface area contributed by atoms with Crippen molar-refractivity contribution in [1.82, 2.24) is 10.2 Å². The predicted octanol–water partition coefficient (Wildman–Crippen LogP) is 2.78. The monoisotopic (exact) mass is 380 g/mol. The van der Waals surface area contributed by atoms with Crippen molar-refractivity contribution >= 4 is 12.0 Å². The SMILES string of the molecule is CN(C)C(CNC(=O)/C=C/c1ccc2c(c1)OCO2)c1ccc2c(c1)CCO2. The van der Waals surface area contributed by atoms with Crippen LogP contribution in [0.5, 0.6) is 17.2 Å². The van der Waals surface area contributed by atoms with Crippen molar-refractivity contribution in [2.75, 3.05) is 34.0 Å². The number of carbonyl (C=O) groups excluding carboxylic acids is 1. The topological polar surface area (TPSA) is 60.0 Å². The largest absolute Gasteiger partial charge is 0.493 e. The summed E-state index contributed by atoms with van der Waals surface area (Å²) in [5.74, 6) is 2.27. The summed E-state index contributed by atoms with van der Waals surface area (Å²) in [4.78, 5) is 14.4. The number of fused-ring (bicyclic) bond motifs is 2. The fourth-order valence-electron chi connectivity index (χ4n) is 3.46. The second-order valence-corrected chi connectivity index (χ2v) is 7.14. The Hall–Kier alpha value is -2.99. The molecule has 2 aromatic carbocycles. The van der Waals surface area contributed by atoms with Crippen LogP contribution in [0.15, 0.2) is 42.5 Å². The van der Waals surface area contributed by atoms with Crippen molar-refractivity contribution in [3.8, 4) is 17.2 Å². The van der Waals surface area contributed by atoms with Crippen molar-refractivity contribution in [3.63, 3.8) is 0 Å². The lowest BCUT2D eigenvalue weighted by Gasteiger charge is -2.25. The Morgan fingerprint density at radius 3 is 2.79 bits per heavy atom. The maximum Gasteiger partial charge on any atom is 0.244 e. The molecule has 1 N–H and O–H groups in total. The zero-order chi connectivity index (χ0) is 19.5. The first-order chi connectivity index (χ1) is 13.6. The maximum absolute atomic E-state index is 12.3. The molecule has 28 heavy (non-hydrogen) atoms. The molecule has 0 aliphatic carbocycles. The molecule has 6 heteroatoms. The molecule has 1 unspecified atom stereocenters. The first-order valence-electron chi connectivity index (χ1n) is 9.38. The molecule has 1 amide bonds. The molecule has 0 bridgehead atoms. The van der Waals surface area contributed by atoms with Crippen molar-refractivity contribution in [3.05, 3.63) is 59.2 Å². The van der Waals surface area contributed by atoms with Crippen LogP contribution in [0.2, 0.25) is 0 Å². The van der Waals surface area contributed by atoms with Crippen LogP contribution < -0.4 is 19.5 Å². The predicted molar refractivity (Wildman–Crippen MR) is 107 cm³/mol. The Morgan fingerprint density at radius 2 is 1.93 bits per heavy atom. The molecule has 0 radical (unpaired) electrons. The smallest absolute Gasteiger partial charge is 0.244 e. The highest BCUT2D eigenvalue weighted by molar-refractivity contribution is 5.91. The standard InChI is InChI=1S/C22H24N2O4/c1-24(2)18(16-5-7-19-17(12-16)9-10-26-19)13-23-22(25)8-4-15-3-6-20-21(11-15)28-14-27-20/h3-8,11-12,18H,9-10,13-14H2,1-2H3,(H,23,25)/b8-4+. The first kappa shape index (κ1) is 18.4. The van der Waals surface area contributed by atoms with Gasteiger partial charge in [-0.2, -0.15) is 0 Å². The van der Waals surface area contributed by atoms with Gasteiger partial charge in [0.15, 0.2) is 11.5 Å². The van der Waals surface area contributed by atoms with Gasteiger partial charge in [-0.3, -0.25) is 4.79 Å². The summed E-state index contributed by atoms with van der Waals surface area (Å²) in [5, 5.41) is 3.00. The zero-order valence-electron chi connectivity index (χ0n) is 16.1. The second-order valence-electron chi connectivity index (χ2n) is 7.14. The van der Waals surface area contributed by atoms with Crippen molar-refractivity contribution in [2.45, 2.75) is 12.5 Å². The lowest BCUT2D eigenvalue weighted by atomic mass is 10.0. The van der Waals surface area contributed by atoms with E-state index in [0.29, 0.717) is 12.3 Å². The van der Waals surface area contributed by atoms with Gasteiger partial charge in [-0.25, -0.2) is 0 Å². The summed E-state index contributed by atoms with van der Waals surface area (Å²) in [7, 11) is 4.03. The van der Waals surface area contributed by atoms with Crippen molar-refractivity contribution in [2.24, 2.45) is 0 Å². The first-order valence-corrected chi connectivity index (χ1v) is 9.38. The Labute approximate surface area is 164 Å². The van der Waals surface area contributed by atoms with Crippen LogP contribution >= 0.6 is 0 Å². The highest BCUT2D eigenvalue weighted by Gasteiger charge is 2.19. The molecular weight excluding hydrogens is 356 g/mol. The summed E-state index contributed by atoms with van der Waals surface area (Å²) < 4.78 is 16.2. The molecule has 0 aromatic heterocycles. The summed E-state index contributed by atoms with van der Waals surface area (Å²) in [5.41, 5.74) is 3.30. The number of nitrogens with one attached hydrogen (secondary N) is 1. The lowest BCUT2D eigenvalue weighted by Crippen LogP contribution is -2.33. The van der Waals surface area contributed by atoms with Crippen LogP contribution in [-0.2, 0) is 11.2 Å². The van der Waals surface area contributed by atoms with Crippen LogP contribution in [0.25, 0.3) is 6.08 Å². The summed E-state index contributed by atoms with van der Waals surface area (Å²) in [6.07, 6.45) is 4.25. The van der Waals surface area contributed by atoms with Gasteiger partial charge >= 0.3 is 0 Å². The molecule has 0 saturated carbocycles. The number of likely N-dealkylation sites (N-methyl/N-ethyl adjacent to an activating group) is 1. The van der Waals surface area contributed by atoms with Gasteiger partial charge in [-0.05, 0) is 55.1 Å². The second kappa shape index (κ2) is 7.94. The molecule has 146 valence electrons.